The molecule has 2 heterocycles. The quantitative estimate of drug-likeness (QED) is 0.418. The molecule has 1 aromatic carbocycles. The number of aromatic nitrogens is 2. The maximum Gasteiger partial charge on any atom is 0.413 e. The van der Waals surface area contributed by atoms with Gasteiger partial charge in [0.1, 0.15) is 11.4 Å². The van der Waals surface area contributed by atoms with Gasteiger partial charge in [0.05, 0.1) is 16.5 Å². The highest BCUT2D eigenvalue weighted by molar-refractivity contribution is 7.80. The van der Waals surface area contributed by atoms with Crippen molar-refractivity contribution in [3.63, 3.8) is 0 Å². The summed E-state index contributed by atoms with van der Waals surface area (Å²) in [5.74, 6) is 0.0760. The molecule has 0 bridgehead atoms. The standard InChI is InChI=1S/C26H28N4O3S/c1-26(2,3)33-25(32)30-21-15-18(11-13-27-21)23(34)22-20(8-5-12-28-22)24(31)29-19-10-9-16-6-4-7-17(16)14-19/h5,8-15,23,34H,4,6-7H2,1-3H3,(H,29,31)(H,27,30,32). The van der Waals surface area contributed by atoms with Crippen LogP contribution in [0.5, 0.6) is 0 Å². The average molecular weight is 477 g/mol. The van der Waals surface area contributed by atoms with Crippen LogP contribution in [0.25, 0.3) is 0 Å². The van der Waals surface area contributed by atoms with E-state index in [-0.39, 0.29) is 5.91 Å². The molecule has 1 unspecified atom stereocenters. The highest BCUT2D eigenvalue weighted by Crippen LogP contribution is 2.31. The number of hydrogen-bond donors (Lipinski definition) is 3. The summed E-state index contributed by atoms with van der Waals surface area (Å²) in [6.45, 7) is 5.36. The van der Waals surface area contributed by atoms with E-state index in [0.29, 0.717) is 17.1 Å². The van der Waals surface area contributed by atoms with E-state index in [1.807, 2.05) is 12.1 Å². The Kier molecular flexibility index (Phi) is 6.88. The Balaban J connectivity index is 1.53. The normalized spacial score (nSPS) is 13.6. The van der Waals surface area contributed by atoms with Crippen molar-refractivity contribution in [3.8, 4) is 0 Å². The Morgan fingerprint density at radius 1 is 1.00 bits per heavy atom. The summed E-state index contributed by atoms with van der Waals surface area (Å²) in [5, 5.41) is 5.11. The molecule has 0 aliphatic heterocycles. The summed E-state index contributed by atoms with van der Waals surface area (Å²) in [5.41, 5.74) is 4.46. The van der Waals surface area contributed by atoms with Crippen molar-refractivity contribution in [2.45, 2.75) is 50.9 Å². The summed E-state index contributed by atoms with van der Waals surface area (Å²) in [7, 11) is 0. The number of nitrogens with one attached hydrogen (secondary N) is 2. The molecule has 2 aromatic heterocycles. The molecule has 4 rings (SSSR count). The fraction of sp³-hybridized carbons (Fsp3) is 0.308. The molecule has 0 fully saturated rings. The van der Waals surface area contributed by atoms with Gasteiger partial charge in [-0.2, -0.15) is 12.6 Å². The van der Waals surface area contributed by atoms with E-state index < -0.39 is 16.9 Å². The van der Waals surface area contributed by atoms with Crippen LogP contribution in [0.15, 0.2) is 54.9 Å². The van der Waals surface area contributed by atoms with Crippen molar-refractivity contribution in [2.24, 2.45) is 0 Å². The molecule has 176 valence electrons. The maximum atomic E-state index is 13.1. The van der Waals surface area contributed by atoms with E-state index in [9.17, 15) is 9.59 Å². The molecule has 2 N–H and O–H groups in total. The monoisotopic (exact) mass is 476 g/mol. The third-order valence-corrected chi connectivity index (χ3v) is 5.97. The van der Waals surface area contributed by atoms with Gasteiger partial charge >= 0.3 is 6.09 Å². The van der Waals surface area contributed by atoms with Crippen LogP contribution in [0.2, 0.25) is 0 Å². The van der Waals surface area contributed by atoms with Crippen molar-refractivity contribution in [2.75, 3.05) is 10.6 Å². The van der Waals surface area contributed by atoms with E-state index in [1.54, 1.807) is 57.4 Å². The van der Waals surface area contributed by atoms with Crippen molar-refractivity contribution in [3.05, 3.63) is 82.8 Å². The largest absolute Gasteiger partial charge is 0.444 e. The number of carbonyl (C=O) groups excluding carboxylic acids is 2. The van der Waals surface area contributed by atoms with Crippen LogP contribution in [-0.4, -0.2) is 27.6 Å². The van der Waals surface area contributed by atoms with Gasteiger partial charge in [0.25, 0.3) is 5.91 Å². The van der Waals surface area contributed by atoms with Gasteiger partial charge in [-0.05, 0) is 93.1 Å². The van der Waals surface area contributed by atoms with E-state index in [1.165, 1.54) is 11.1 Å². The van der Waals surface area contributed by atoms with Crippen LogP contribution in [0.4, 0.5) is 16.3 Å². The third kappa shape index (κ3) is 5.75. The number of benzene rings is 1. The molecule has 7 nitrogen and oxygen atoms in total. The first-order chi connectivity index (χ1) is 16.2. The molecule has 8 heteroatoms. The number of carbonyl (C=O) groups is 2. The van der Waals surface area contributed by atoms with Crippen LogP contribution in [0.3, 0.4) is 0 Å². The molecule has 2 amide bonds. The van der Waals surface area contributed by atoms with Gasteiger partial charge in [0.15, 0.2) is 0 Å². The number of aryl methyl sites for hydroxylation is 2. The maximum absolute atomic E-state index is 13.1. The van der Waals surface area contributed by atoms with Crippen molar-refractivity contribution in [1.82, 2.24) is 9.97 Å². The number of fused-ring (bicyclic) bond motifs is 1. The Hall–Kier alpha value is -3.39. The van der Waals surface area contributed by atoms with Gasteiger partial charge in [0.2, 0.25) is 0 Å². The number of nitrogens with zero attached hydrogens (tertiary/aromatic N) is 2. The molecule has 0 spiro atoms. The first-order valence-electron chi connectivity index (χ1n) is 11.2. The lowest BCUT2D eigenvalue weighted by molar-refractivity contribution is 0.0635. The first-order valence-corrected chi connectivity index (χ1v) is 11.7. The zero-order chi connectivity index (χ0) is 24.3. The van der Waals surface area contributed by atoms with Gasteiger partial charge in [-0.1, -0.05) is 6.07 Å². The highest BCUT2D eigenvalue weighted by atomic mass is 32.1. The SMILES string of the molecule is CC(C)(C)OC(=O)Nc1cc(C(S)c2ncccc2C(=O)Nc2ccc3c(c2)CCC3)ccn1. The summed E-state index contributed by atoms with van der Waals surface area (Å²) in [6.07, 6.45) is 5.88. The summed E-state index contributed by atoms with van der Waals surface area (Å²) in [6, 6.07) is 13.0. The number of ether oxygens (including phenoxy) is 1. The summed E-state index contributed by atoms with van der Waals surface area (Å²) >= 11 is 4.75. The molecular weight excluding hydrogens is 448 g/mol. The second kappa shape index (κ2) is 9.85. The first kappa shape index (κ1) is 23.8. The van der Waals surface area contributed by atoms with Gasteiger partial charge < -0.3 is 10.1 Å². The minimum Gasteiger partial charge on any atom is -0.444 e. The zero-order valence-electron chi connectivity index (χ0n) is 19.5. The Morgan fingerprint density at radius 2 is 1.79 bits per heavy atom. The van der Waals surface area contributed by atoms with Gasteiger partial charge in [-0.15, -0.1) is 0 Å². The van der Waals surface area contributed by atoms with Crippen LogP contribution >= 0.6 is 12.6 Å². The van der Waals surface area contributed by atoms with E-state index >= 15 is 0 Å². The molecule has 1 aliphatic carbocycles. The predicted octanol–water partition coefficient (Wildman–Crippen LogP) is 5.58. The van der Waals surface area contributed by atoms with Crippen LogP contribution in [0.1, 0.15) is 65.2 Å². The number of anilines is 2. The number of amides is 2. The second-order valence-corrected chi connectivity index (χ2v) is 9.75. The Morgan fingerprint density at radius 3 is 2.59 bits per heavy atom. The predicted molar refractivity (Wildman–Crippen MR) is 136 cm³/mol. The molecule has 0 radical (unpaired) electrons. The second-order valence-electron chi connectivity index (χ2n) is 9.23. The van der Waals surface area contributed by atoms with E-state index in [0.717, 1.165) is 30.5 Å². The summed E-state index contributed by atoms with van der Waals surface area (Å²) in [4.78, 5) is 33.9. The molecular formula is C26H28N4O3S. The number of thiol groups is 1. The molecule has 0 saturated heterocycles. The fourth-order valence-electron chi connectivity index (χ4n) is 3.93. The fourth-order valence-corrected chi connectivity index (χ4v) is 4.29. The highest BCUT2D eigenvalue weighted by Gasteiger charge is 2.22. The lowest BCUT2D eigenvalue weighted by Crippen LogP contribution is -2.27. The molecule has 0 saturated carbocycles. The number of rotatable bonds is 5. The molecule has 1 atom stereocenters. The summed E-state index contributed by atoms with van der Waals surface area (Å²) < 4.78 is 5.29. The van der Waals surface area contributed by atoms with Gasteiger partial charge in [-0.3, -0.25) is 15.1 Å². The lowest BCUT2D eigenvalue weighted by atomic mass is 10.0. The smallest absolute Gasteiger partial charge is 0.413 e. The lowest BCUT2D eigenvalue weighted by Gasteiger charge is -2.20. The zero-order valence-corrected chi connectivity index (χ0v) is 20.4. The number of pyridine rings is 2. The number of hydrogen-bond acceptors (Lipinski definition) is 6. The van der Waals surface area contributed by atoms with Crippen molar-refractivity contribution >= 4 is 36.1 Å². The van der Waals surface area contributed by atoms with Crippen LogP contribution in [-0.2, 0) is 17.6 Å². The average Bonchev–Trinajstić information content (AvgIpc) is 3.25. The third-order valence-electron chi connectivity index (χ3n) is 5.43. The topological polar surface area (TPSA) is 93.2 Å². The molecule has 1 aliphatic rings. The molecule has 3 aromatic rings. The minimum atomic E-state index is -0.622. The van der Waals surface area contributed by atoms with Crippen molar-refractivity contribution < 1.29 is 14.3 Å². The van der Waals surface area contributed by atoms with E-state index in [4.69, 9.17) is 17.4 Å². The van der Waals surface area contributed by atoms with E-state index in [2.05, 4.69) is 26.7 Å². The van der Waals surface area contributed by atoms with Gasteiger partial charge in [0, 0.05) is 18.1 Å². The van der Waals surface area contributed by atoms with Gasteiger partial charge in [-0.25, -0.2) is 9.78 Å². The molecule has 34 heavy (non-hydrogen) atoms. The Bertz CT molecular complexity index is 1220. The minimum absolute atomic E-state index is 0.249. The van der Waals surface area contributed by atoms with Crippen LogP contribution in [0, 0.1) is 0 Å². The Labute approximate surface area is 204 Å². The van der Waals surface area contributed by atoms with Crippen molar-refractivity contribution in [1.29, 1.82) is 0 Å². The van der Waals surface area contributed by atoms with Crippen LogP contribution < -0.4 is 10.6 Å².